The molecule has 1 aromatic carbocycles. The first-order valence-electron chi connectivity index (χ1n) is 6.46. The van der Waals surface area contributed by atoms with Crippen LogP contribution in [0.5, 0.6) is 5.75 Å². The molecule has 1 aromatic heterocycles. The van der Waals surface area contributed by atoms with Crippen molar-refractivity contribution in [2.45, 2.75) is 13.5 Å². The largest absolute Gasteiger partial charge is 0.482 e. The summed E-state index contributed by atoms with van der Waals surface area (Å²) < 4.78 is 11.3. The highest BCUT2D eigenvalue weighted by molar-refractivity contribution is 5.70. The zero-order valence-electron chi connectivity index (χ0n) is 12.2. The van der Waals surface area contributed by atoms with E-state index < -0.39 is 10.9 Å². The lowest BCUT2D eigenvalue weighted by Crippen LogP contribution is -2.13. The van der Waals surface area contributed by atoms with E-state index in [2.05, 4.69) is 9.72 Å². The SMILES string of the molecule is COC(=O)COc1cccc(Cn2ccnc2[N+](=O)[O-])c1C. The molecule has 0 saturated carbocycles. The van der Waals surface area contributed by atoms with E-state index in [-0.39, 0.29) is 19.1 Å². The van der Waals surface area contributed by atoms with Gasteiger partial charge in [-0.05, 0) is 29.0 Å². The summed E-state index contributed by atoms with van der Waals surface area (Å²) in [5.41, 5.74) is 1.64. The molecule has 0 aliphatic heterocycles. The molecule has 0 saturated heterocycles. The van der Waals surface area contributed by atoms with Gasteiger partial charge in [-0.1, -0.05) is 17.1 Å². The number of carbonyl (C=O) groups excluding carboxylic acids is 1. The zero-order valence-corrected chi connectivity index (χ0v) is 12.2. The van der Waals surface area contributed by atoms with Gasteiger partial charge in [0.25, 0.3) is 0 Å². The lowest BCUT2D eigenvalue weighted by Gasteiger charge is -2.11. The summed E-state index contributed by atoms with van der Waals surface area (Å²) in [4.78, 5) is 25.2. The molecular weight excluding hydrogens is 290 g/mol. The summed E-state index contributed by atoms with van der Waals surface area (Å²) in [5.74, 6) is -0.166. The van der Waals surface area contributed by atoms with Crippen molar-refractivity contribution in [2.75, 3.05) is 13.7 Å². The molecule has 0 aliphatic rings. The number of hydrogen-bond donors (Lipinski definition) is 0. The van der Waals surface area contributed by atoms with Gasteiger partial charge in [0.1, 0.15) is 18.1 Å². The Hall–Kier alpha value is -2.90. The maximum Gasteiger partial charge on any atom is 0.434 e. The summed E-state index contributed by atoms with van der Waals surface area (Å²) in [6.07, 6.45) is 2.92. The maximum absolute atomic E-state index is 11.1. The van der Waals surface area contributed by atoms with Gasteiger partial charge in [0.15, 0.2) is 6.61 Å². The van der Waals surface area contributed by atoms with E-state index in [9.17, 15) is 14.9 Å². The average molecular weight is 305 g/mol. The Bertz CT molecular complexity index is 696. The van der Waals surface area contributed by atoms with E-state index in [1.165, 1.54) is 17.9 Å². The van der Waals surface area contributed by atoms with Crippen LogP contribution in [0.3, 0.4) is 0 Å². The minimum Gasteiger partial charge on any atom is -0.482 e. The van der Waals surface area contributed by atoms with Crippen molar-refractivity contribution in [3.05, 3.63) is 51.8 Å². The van der Waals surface area contributed by atoms with Gasteiger partial charge in [0, 0.05) is 0 Å². The van der Waals surface area contributed by atoms with Crippen molar-refractivity contribution < 1.29 is 19.2 Å². The molecule has 0 N–H and O–H groups in total. The van der Waals surface area contributed by atoms with Crippen molar-refractivity contribution in [1.29, 1.82) is 0 Å². The standard InChI is InChI=1S/C14H15N3O5/c1-10-11(8-16-7-6-15-14(16)17(19)20)4-3-5-12(10)22-9-13(18)21-2/h3-7H,8-9H2,1-2H3. The van der Waals surface area contributed by atoms with Crippen molar-refractivity contribution in [3.63, 3.8) is 0 Å². The van der Waals surface area contributed by atoms with E-state index in [0.29, 0.717) is 5.75 Å². The minimum atomic E-state index is -0.535. The van der Waals surface area contributed by atoms with Gasteiger partial charge in [-0.15, -0.1) is 0 Å². The van der Waals surface area contributed by atoms with Crippen LogP contribution in [-0.2, 0) is 16.1 Å². The monoisotopic (exact) mass is 305 g/mol. The Morgan fingerprint density at radius 3 is 2.91 bits per heavy atom. The Balaban J connectivity index is 2.20. The smallest absolute Gasteiger partial charge is 0.434 e. The summed E-state index contributed by atoms with van der Waals surface area (Å²) >= 11 is 0. The van der Waals surface area contributed by atoms with Gasteiger partial charge >= 0.3 is 11.9 Å². The van der Waals surface area contributed by atoms with E-state index in [4.69, 9.17) is 4.74 Å². The first kappa shape index (κ1) is 15.5. The molecule has 0 fully saturated rings. The number of esters is 1. The van der Waals surface area contributed by atoms with Crippen molar-refractivity contribution in [3.8, 4) is 5.75 Å². The van der Waals surface area contributed by atoms with Crippen LogP contribution in [0.25, 0.3) is 0 Å². The van der Waals surface area contributed by atoms with Gasteiger partial charge < -0.3 is 19.6 Å². The fourth-order valence-corrected chi connectivity index (χ4v) is 1.96. The predicted molar refractivity (Wildman–Crippen MR) is 76.7 cm³/mol. The highest BCUT2D eigenvalue weighted by Crippen LogP contribution is 2.23. The molecule has 8 nitrogen and oxygen atoms in total. The van der Waals surface area contributed by atoms with Gasteiger partial charge in [-0.3, -0.25) is 0 Å². The lowest BCUT2D eigenvalue weighted by molar-refractivity contribution is -0.396. The van der Waals surface area contributed by atoms with Crippen LogP contribution in [0.15, 0.2) is 30.6 Å². The molecule has 2 rings (SSSR count). The highest BCUT2D eigenvalue weighted by atomic mass is 16.6. The summed E-state index contributed by atoms with van der Waals surface area (Å²) in [5, 5.41) is 10.9. The van der Waals surface area contributed by atoms with Gasteiger partial charge in [0.05, 0.1) is 13.7 Å². The molecule has 2 aromatic rings. The molecule has 22 heavy (non-hydrogen) atoms. The molecule has 0 bridgehead atoms. The Morgan fingerprint density at radius 2 is 2.23 bits per heavy atom. The number of methoxy groups -OCH3 is 1. The Labute approximate surface area is 126 Å². The van der Waals surface area contributed by atoms with E-state index >= 15 is 0 Å². The molecule has 0 unspecified atom stereocenters. The molecule has 0 atom stereocenters. The van der Waals surface area contributed by atoms with E-state index in [1.54, 1.807) is 18.3 Å². The van der Waals surface area contributed by atoms with Crippen LogP contribution < -0.4 is 4.74 Å². The molecule has 8 heteroatoms. The fraction of sp³-hybridized carbons (Fsp3) is 0.286. The maximum atomic E-state index is 11.1. The second kappa shape index (κ2) is 6.70. The average Bonchev–Trinajstić information content (AvgIpc) is 2.96. The van der Waals surface area contributed by atoms with Crippen LogP contribution in [0.2, 0.25) is 0 Å². The quantitative estimate of drug-likeness (QED) is 0.458. The molecule has 0 aliphatic carbocycles. The van der Waals surface area contributed by atoms with Crippen LogP contribution >= 0.6 is 0 Å². The first-order valence-corrected chi connectivity index (χ1v) is 6.46. The summed E-state index contributed by atoms with van der Waals surface area (Å²) in [6.45, 7) is 1.92. The third-order valence-corrected chi connectivity index (χ3v) is 3.17. The van der Waals surface area contributed by atoms with E-state index in [0.717, 1.165) is 11.1 Å². The first-order chi connectivity index (χ1) is 10.5. The van der Waals surface area contributed by atoms with Crippen molar-refractivity contribution in [2.24, 2.45) is 0 Å². The number of ether oxygens (including phenoxy) is 2. The number of benzene rings is 1. The van der Waals surface area contributed by atoms with Crippen LogP contribution in [0.1, 0.15) is 11.1 Å². The second-order valence-corrected chi connectivity index (χ2v) is 4.52. The Morgan fingerprint density at radius 1 is 1.45 bits per heavy atom. The minimum absolute atomic E-state index is 0.188. The third-order valence-electron chi connectivity index (χ3n) is 3.17. The van der Waals surface area contributed by atoms with Gasteiger partial charge in [-0.2, -0.15) is 0 Å². The number of hydrogen-bond acceptors (Lipinski definition) is 6. The third kappa shape index (κ3) is 3.40. The number of aromatic nitrogens is 2. The number of imidazole rings is 1. The van der Waals surface area contributed by atoms with Gasteiger partial charge in [0.2, 0.25) is 0 Å². The lowest BCUT2D eigenvalue weighted by atomic mass is 10.1. The number of nitrogens with zero attached hydrogens (tertiary/aromatic N) is 3. The summed E-state index contributed by atoms with van der Waals surface area (Å²) in [6, 6.07) is 5.33. The zero-order chi connectivity index (χ0) is 16.1. The van der Waals surface area contributed by atoms with Crippen LogP contribution in [0.4, 0.5) is 5.95 Å². The fourth-order valence-electron chi connectivity index (χ4n) is 1.96. The highest BCUT2D eigenvalue weighted by Gasteiger charge is 2.16. The molecular formula is C14H15N3O5. The summed E-state index contributed by atoms with van der Waals surface area (Å²) in [7, 11) is 1.28. The Kier molecular flexibility index (Phi) is 4.72. The van der Waals surface area contributed by atoms with Crippen molar-refractivity contribution >= 4 is 11.9 Å². The van der Waals surface area contributed by atoms with E-state index in [1.807, 2.05) is 13.0 Å². The topological polar surface area (TPSA) is 96.5 Å². The number of carbonyl (C=O) groups is 1. The number of rotatable bonds is 6. The van der Waals surface area contributed by atoms with Gasteiger partial charge in [-0.25, -0.2) is 9.36 Å². The van der Waals surface area contributed by atoms with Crippen LogP contribution in [-0.4, -0.2) is 34.2 Å². The second-order valence-electron chi connectivity index (χ2n) is 4.52. The molecule has 1 heterocycles. The molecule has 116 valence electrons. The normalized spacial score (nSPS) is 10.3. The van der Waals surface area contributed by atoms with Crippen molar-refractivity contribution in [1.82, 2.24) is 9.55 Å². The molecule has 0 spiro atoms. The molecule has 0 amide bonds. The predicted octanol–water partition coefficient (Wildman–Crippen LogP) is 1.70. The molecule has 0 radical (unpaired) electrons. The number of nitro groups is 1. The van der Waals surface area contributed by atoms with Crippen LogP contribution in [0, 0.1) is 17.0 Å².